The molecule has 6 heteroatoms. The fourth-order valence-electron chi connectivity index (χ4n) is 2.82. The lowest BCUT2D eigenvalue weighted by atomic mass is 10.2. The van der Waals surface area contributed by atoms with Crippen LogP contribution in [0.15, 0.2) is 42.5 Å². The van der Waals surface area contributed by atoms with Crippen LogP contribution < -0.4 is 29.0 Å². The number of methoxy groups -OCH3 is 2. The minimum Gasteiger partial charge on any atom is -0.493 e. The maximum Gasteiger partial charge on any atom is 0.203 e. The first-order valence-corrected chi connectivity index (χ1v) is 8.69. The van der Waals surface area contributed by atoms with Crippen molar-refractivity contribution in [3.8, 4) is 28.7 Å². The number of hydrogen-bond donors (Lipinski definition) is 1. The highest BCUT2D eigenvalue weighted by Gasteiger charge is 2.27. The molecule has 1 aliphatic heterocycles. The zero-order chi connectivity index (χ0) is 18.4. The van der Waals surface area contributed by atoms with E-state index in [2.05, 4.69) is 5.32 Å². The van der Waals surface area contributed by atoms with Crippen molar-refractivity contribution in [2.75, 3.05) is 33.9 Å². The van der Waals surface area contributed by atoms with Crippen LogP contribution in [0.3, 0.4) is 0 Å². The predicted molar refractivity (Wildman–Crippen MR) is 98.9 cm³/mol. The summed E-state index contributed by atoms with van der Waals surface area (Å²) in [5.41, 5.74) is 0. The van der Waals surface area contributed by atoms with E-state index in [0.29, 0.717) is 36.9 Å². The zero-order valence-corrected chi connectivity index (χ0v) is 15.4. The van der Waals surface area contributed by atoms with E-state index >= 15 is 0 Å². The topological polar surface area (TPSA) is 58.2 Å². The molecule has 0 amide bonds. The number of rotatable bonds is 8. The lowest BCUT2D eigenvalue weighted by Crippen LogP contribution is -2.45. The largest absolute Gasteiger partial charge is 0.493 e. The molecule has 2 aromatic carbocycles. The summed E-state index contributed by atoms with van der Waals surface area (Å²) in [7, 11) is 3.22. The molecule has 0 aliphatic carbocycles. The Morgan fingerprint density at radius 3 is 2.23 bits per heavy atom. The van der Waals surface area contributed by atoms with Gasteiger partial charge in [0.05, 0.1) is 14.2 Å². The number of fused-ring (bicyclic) bond motifs is 1. The highest BCUT2D eigenvalue weighted by atomic mass is 16.6. The average molecular weight is 359 g/mol. The second-order valence-electron chi connectivity index (χ2n) is 5.97. The number of hydrogen-bond acceptors (Lipinski definition) is 6. The highest BCUT2D eigenvalue weighted by molar-refractivity contribution is 5.51. The predicted octanol–water partition coefficient (Wildman–Crippen LogP) is 2.90. The van der Waals surface area contributed by atoms with E-state index in [0.717, 1.165) is 11.5 Å². The molecule has 0 spiro atoms. The Morgan fingerprint density at radius 1 is 0.923 bits per heavy atom. The summed E-state index contributed by atoms with van der Waals surface area (Å²) in [5, 5.41) is 3.35. The van der Waals surface area contributed by atoms with Gasteiger partial charge >= 0.3 is 0 Å². The number of ether oxygens (including phenoxy) is 5. The Morgan fingerprint density at radius 2 is 1.58 bits per heavy atom. The van der Waals surface area contributed by atoms with Crippen molar-refractivity contribution < 1.29 is 23.7 Å². The van der Waals surface area contributed by atoms with Crippen LogP contribution in [0.5, 0.6) is 28.7 Å². The molecule has 1 aliphatic rings. The first kappa shape index (κ1) is 18.2. The third kappa shape index (κ3) is 4.14. The van der Waals surface area contributed by atoms with Gasteiger partial charge in [-0.1, -0.05) is 18.2 Å². The van der Waals surface area contributed by atoms with Crippen molar-refractivity contribution in [1.29, 1.82) is 0 Å². The normalized spacial score (nSPS) is 18.3. The molecule has 2 aromatic rings. The Kier molecular flexibility index (Phi) is 6.07. The van der Waals surface area contributed by atoms with Gasteiger partial charge in [0.25, 0.3) is 0 Å². The fraction of sp³-hybridized carbons (Fsp3) is 0.400. The van der Waals surface area contributed by atoms with E-state index in [-0.39, 0.29) is 12.2 Å². The Hall–Kier alpha value is -2.60. The van der Waals surface area contributed by atoms with Crippen molar-refractivity contribution >= 4 is 0 Å². The molecule has 6 nitrogen and oxygen atoms in total. The molecule has 140 valence electrons. The molecule has 2 atom stereocenters. The van der Waals surface area contributed by atoms with Crippen LogP contribution >= 0.6 is 0 Å². The van der Waals surface area contributed by atoms with Crippen molar-refractivity contribution in [1.82, 2.24) is 5.32 Å². The first-order valence-electron chi connectivity index (χ1n) is 8.69. The van der Waals surface area contributed by atoms with E-state index in [4.69, 9.17) is 23.7 Å². The van der Waals surface area contributed by atoms with Gasteiger partial charge in [-0.3, -0.25) is 0 Å². The summed E-state index contributed by atoms with van der Waals surface area (Å²) in [6.45, 7) is 3.82. The van der Waals surface area contributed by atoms with Gasteiger partial charge < -0.3 is 29.0 Å². The minimum atomic E-state index is -0.0503. The lowest BCUT2D eigenvalue weighted by Gasteiger charge is -2.32. The molecule has 0 saturated carbocycles. The van der Waals surface area contributed by atoms with E-state index in [9.17, 15) is 0 Å². The highest BCUT2D eigenvalue weighted by Crippen LogP contribution is 2.36. The van der Waals surface area contributed by atoms with Crippen LogP contribution in [0.4, 0.5) is 0 Å². The van der Waals surface area contributed by atoms with Gasteiger partial charge in [-0.15, -0.1) is 0 Å². The van der Waals surface area contributed by atoms with Gasteiger partial charge in [0, 0.05) is 13.1 Å². The third-order valence-corrected chi connectivity index (χ3v) is 4.22. The zero-order valence-electron chi connectivity index (χ0n) is 15.4. The molecule has 26 heavy (non-hydrogen) atoms. The Balaban J connectivity index is 1.47. The fourth-order valence-corrected chi connectivity index (χ4v) is 2.82. The molecule has 0 unspecified atom stereocenters. The molecule has 0 radical (unpaired) electrons. The second-order valence-corrected chi connectivity index (χ2v) is 5.97. The van der Waals surface area contributed by atoms with Gasteiger partial charge in [-0.2, -0.15) is 0 Å². The lowest BCUT2D eigenvalue weighted by molar-refractivity contribution is 0.0316. The molecule has 1 N–H and O–H groups in total. The van der Waals surface area contributed by atoms with Gasteiger partial charge in [0.1, 0.15) is 18.8 Å². The number of para-hydroxylation sites is 3. The molecule has 3 rings (SSSR count). The van der Waals surface area contributed by atoms with Crippen LogP contribution in [0.2, 0.25) is 0 Å². The second kappa shape index (κ2) is 8.67. The summed E-state index contributed by atoms with van der Waals surface area (Å²) < 4.78 is 28.4. The molecule has 0 fully saturated rings. The van der Waals surface area contributed by atoms with Gasteiger partial charge in [-0.25, -0.2) is 0 Å². The quantitative estimate of drug-likeness (QED) is 0.732. The number of benzene rings is 2. The van der Waals surface area contributed by atoms with E-state index in [1.54, 1.807) is 14.2 Å². The maximum atomic E-state index is 6.01. The smallest absolute Gasteiger partial charge is 0.203 e. The SMILES string of the molecule is COc1cccc(OC)c1OCCNC[C@H]1Oc2ccccc2O[C@@H]1C. The van der Waals surface area contributed by atoms with Gasteiger partial charge in [0.15, 0.2) is 23.0 Å². The van der Waals surface area contributed by atoms with Crippen LogP contribution in [0.25, 0.3) is 0 Å². The van der Waals surface area contributed by atoms with Crippen LogP contribution in [0, 0.1) is 0 Å². The van der Waals surface area contributed by atoms with Gasteiger partial charge in [0.2, 0.25) is 5.75 Å². The standard InChI is InChI=1S/C20H25NO5/c1-14-19(26-16-8-5-4-7-15(16)25-14)13-21-11-12-24-20-17(22-2)9-6-10-18(20)23-3/h4-10,14,19,21H,11-13H2,1-3H3/t14-,19-/m1/s1. The van der Waals surface area contributed by atoms with Crippen molar-refractivity contribution in [3.05, 3.63) is 42.5 Å². The molecule has 1 heterocycles. The Bertz CT molecular complexity index is 699. The maximum absolute atomic E-state index is 6.01. The molecular formula is C20H25NO5. The van der Waals surface area contributed by atoms with Crippen LogP contribution in [-0.2, 0) is 0 Å². The first-order chi connectivity index (χ1) is 12.7. The van der Waals surface area contributed by atoms with E-state index < -0.39 is 0 Å². The molecule has 0 saturated heterocycles. The summed E-state index contributed by atoms with van der Waals surface area (Å²) in [4.78, 5) is 0. The monoisotopic (exact) mass is 359 g/mol. The van der Waals surface area contributed by atoms with Crippen molar-refractivity contribution in [2.45, 2.75) is 19.1 Å². The van der Waals surface area contributed by atoms with Crippen molar-refractivity contribution in [2.24, 2.45) is 0 Å². The third-order valence-electron chi connectivity index (χ3n) is 4.22. The van der Waals surface area contributed by atoms with E-state index in [1.165, 1.54) is 0 Å². The summed E-state index contributed by atoms with van der Waals surface area (Å²) >= 11 is 0. The van der Waals surface area contributed by atoms with Crippen molar-refractivity contribution in [3.63, 3.8) is 0 Å². The summed E-state index contributed by atoms with van der Waals surface area (Å²) in [6, 6.07) is 13.3. The summed E-state index contributed by atoms with van der Waals surface area (Å²) in [5.74, 6) is 3.49. The van der Waals surface area contributed by atoms with E-state index in [1.807, 2.05) is 49.4 Å². The average Bonchev–Trinajstić information content (AvgIpc) is 2.67. The summed E-state index contributed by atoms with van der Waals surface area (Å²) in [6.07, 6.45) is -0.0710. The molecule has 0 bridgehead atoms. The minimum absolute atomic E-state index is 0.0207. The molecule has 0 aromatic heterocycles. The van der Waals surface area contributed by atoms with Crippen LogP contribution in [0.1, 0.15) is 6.92 Å². The van der Waals surface area contributed by atoms with Gasteiger partial charge in [-0.05, 0) is 31.2 Å². The number of nitrogens with one attached hydrogen (secondary N) is 1. The molecular weight excluding hydrogens is 334 g/mol. The Labute approximate surface area is 154 Å². The van der Waals surface area contributed by atoms with Crippen LogP contribution in [-0.4, -0.2) is 46.1 Å².